The average molecular weight is 743 g/mol. The van der Waals surface area contributed by atoms with E-state index in [0.717, 1.165) is 65.8 Å². The maximum Gasteiger partial charge on any atom is 0.249 e. The molecule has 0 bridgehead atoms. The van der Waals surface area contributed by atoms with Crippen molar-refractivity contribution in [2.24, 2.45) is 11.5 Å². The Morgan fingerprint density at radius 1 is 0.389 bits per heavy atom. The number of fused-ring (bicyclic) bond motifs is 4. The van der Waals surface area contributed by atoms with Crippen LogP contribution in [0.1, 0.15) is 0 Å². The van der Waals surface area contributed by atoms with E-state index in [1.54, 1.807) is 9.80 Å². The molecule has 8 heteroatoms. The lowest BCUT2D eigenvalue weighted by Crippen LogP contribution is -2.43. The maximum absolute atomic E-state index is 14.2. The normalized spacial score (nSPS) is 12.6. The van der Waals surface area contributed by atoms with Gasteiger partial charge in [-0.15, -0.1) is 0 Å². The van der Waals surface area contributed by atoms with Crippen LogP contribution in [-0.2, 0) is 9.59 Å². The fourth-order valence-electron chi connectivity index (χ4n) is 6.79. The smallest absolute Gasteiger partial charge is 0.249 e. The fourth-order valence-corrected chi connectivity index (χ4v) is 9.02. The fraction of sp³-hybridized carbons (Fsp3) is 0.0870. The number of amides is 2. The van der Waals surface area contributed by atoms with Crippen molar-refractivity contribution < 1.29 is 9.59 Å². The van der Waals surface area contributed by atoms with Gasteiger partial charge in [-0.1, -0.05) is 143 Å². The maximum atomic E-state index is 14.2. The summed E-state index contributed by atoms with van der Waals surface area (Å²) in [6.45, 7) is 0. The summed E-state index contributed by atoms with van der Waals surface area (Å²) in [5, 5.41) is 8.50. The Bertz CT molecular complexity index is 2310. The number of nitrogens with two attached hydrogens (primary N) is 2. The number of anilines is 4. The van der Waals surface area contributed by atoms with Crippen LogP contribution in [0.15, 0.2) is 170 Å². The summed E-state index contributed by atoms with van der Waals surface area (Å²) in [5.41, 5.74) is 16.3. The van der Waals surface area contributed by atoms with Crippen LogP contribution in [0.2, 0.25) is 0 Å². The zero-order chi connectivity index (χ0) is 37.0. The summed E-state index contributed by atoms with van der Waals surface area (Å²) >= 11 is 0. The van der Waals surface area contributed by atoms with E-state index in [-0.39, 0.29) is 11.8 Å². The summed E-state index contributed by atoms with van der Waals surface area (Å²) in [5.74, 6) is 0.239. The van der Waals surface area contributed by atoms with Gasteiger partial charge in [-0.3, -0.25) is 19.4 Å². The van der Waals surface area contributed by atoms with Crippen LogP contribution >= 0.6 is 21.6 Å². The highest BCUT2D eigenvalue weighted by molar-refractivity contribution is 8.76. The van der Waals surface area contributed by atoms with Gasteiger partial charge < -0.3 is 11.5 Å². The Morgan fingerprint density at radius 2 is 0.630 bits per heavy atom. The van der Waals surface area contributed by atoms with Gasteiger partial charge in [0, 0.05) is 34.3 Å². The number of hydrogen-bond acceptors (Lipinski definition) is 6. The number of nitrogens with zero attached hydrogens (tertiary/aromatic N) is 2. The Kier molecular flexibility index (Phi) is 10.3. The van der Waals surface area contributed by atoms with Crippen LogP contribution in [0.4, 0.5) is 22.7 Å². The molecular weight excluding hydrogens is 705 g/mol. The highest BCUT2D eigenvalue weighted by atomic mass is 33.1. The number of carbonyl (C=O) groups excluding carboxylic acids is 2. The summed E-state index contributed by atoms with van der Waals surface area (Å²) < 4.78 is 0. The minimum Gasteiger partial charge on any atom is -0.319 e. The molecule has 0 spiro atoms. The van der Waals surface area contributed by atoms with Gasteiger partial charge >= 0.3 is 0 Å². The van der Waals surface area contributed by atoms with E-state index >= 15 is 0 Å². The van der Waals surface area contributed by atoms with Crippen LogP contribution < -0.4 is 21.3 Å². The molecule has 0 aliphatic heterocycles. The van der Waals surface area contributed by atoms with Crippen molar-refractivity contribution in [3.8, 4) is 0 Å². The van der Waals surface area contributed by atoms with Gasteiger partial charge in [0.05, 0.1) is 12.1 Å². The van der Waals surface area contributed by atoms with Gasteiger partial charge in [0.1, 0.15) is 0 Å². The van der Waals surface area contributed by atoms with Gasteiger partial charge in [-0.2, -0.15) is 0 Å². The van der Waals surface area contributed by atoms with E-state index in [1.807, 2.05) is 146 Å². The molecule has 266 valence electrons. The second kappa shape index (κ2) is 15.8. The molecule has 0 saturated carbocycles. The van der Waals surface area contributed by atoms with Crippen molar-refractivity contribution in [2.45, 2.75) is 12.1 Å². The molecule has 2 atom stereocenters. The summed E-state index contributed by atoms with van der Waals surface area (Å²) in [7, 11) is 2.90. The van der Waals surface area contributed by atoms with Crippen molar-refractivity contribution in [1.29, 1.82) is 0 Å². The minimum absolute atomic E-state index is 0.215. The lowest BCUT2D eigenvalue weighted by atomic mass is 10.1. The topological polar surface area (TPSA) is 92.7 Å². The molecule has 0 heterocycles. The summed E-state index contributed by atoms with van der Waals surface area (Å²) in [6.07, 6.45) is 0. The van der Waals surface area contributed by atoms with Crippen LogP contribution in [0, 0.1) is 0 Å². The first kappa shape index (κ1) is 35.4. The molecule has 0 radical (unpaired) electrons. The molecule has 54 heavy (non-hydrogen) atoms. The van der Waals surface area contributed by atoms with E-state index in [4.69, 9.17) is 11.5 Å². The lowest BCUT2D eigenvalue weighted by molar-refractivity contribution is -0.119. The van der Waals surface area contributed by atoms with Crippen molar-refractivity contribution >= 4 is 99.2 Å². The van der Waals surface area contributed by atoms with Crippen LogP contribution in [0.5, 0.6) is 0 Å². The summed E-state index contributed by atoms with van der Waals surface area (Å²) in [6, 6.07) is 54.8. The van der Waals surface area contributed by atoms with Gasteiger partial charge in [0.2, 0.25) is 11.8 Å². The Hall–Kier alpha value is -5.64. The SMILES string of the molecule is NC(CSSC[C@H](N)C(=O)N(c1ccc2ccccc2c1)c1ccc2ccccc2c1)C(=O)N(c1ccc2ccccc2c1)c1ccc2ccccc2c1. The minimum atomic E-state index is -0.806. The second-order valence-corrected chi connectivity index (χ2v) is 15.8. The molecule has 0 aliphatic rings. The Labute approximate surface area is 322 Å². The monoisotopic (exact) mass is 742 g/mol. The molecule has 8 rings (SSSR count). The quantitative estimate of drug-likeness (QED) is 0.101. The highest BCUT2D eigenvalue weighted by Gasteiger charge is 2.27. The molecule has 0 aromatic heterocycles. The molecule has 0 fully saturated rings. The van der Waals surface area contributed by atoms with Crippen LogP contribution in [-0.4, -0.2) is 35.4 Å². The van der Waals surface area contributed by atoms with Gasteiger partial charge in [0.15, 0.2) is 0 Å². The third-order valence-corrected chi connectivity index (χ3v) is 12.1. The van der Waals surface area contributed by atoms with Gasteiger partial charge in [-0.05, 0) is 91.6 Å². The van der Waals surface area contributed by atoms with Crippen LogP contribution in [0.3, 0.4) is 0 Å². The van der Waals surface area contributed by atoms with Crippen molar-refractivity contribution in [1.82, 2.24) is 0 Å². The molecule has 0 saturated heterocycles. The molecule has 6 nitrogen and oxygen atoms in total. The number of benzene rings is 8. The predicted octanol–water partition coefficient (Wildman–Crippen LogP) is 10.4. The largest absolute Gasteiger partial charge is 0.319 e. The van der Waals surface area contributed by atoms with Gasteiger partial charge in [0.25, 0.3) is 0 Å². The first-order valence-electron chi connectivity index (χ1n) is 17.8. The van der Waals surface area contributed by atoms with Gasteiger partial charge in [-0.25, -0.2) is 0 Å². The van der Waals surface area contributed by atoms with E-state index in [2.05, 4.69) is 24.3 Å². The third kappa shape index (κ3) is 7.42. The van der Waals surface area contributed by atoms with Crippen LogP contribution in [0.25, 0.3) is 43.1 Å². The Balaban J connectivity index is 0.989. The predicted molar refractivity (Wildman–Crippen MR) is 231 cm³/mol. The third-order valence-electron chi connectivity index (χ3n) is 9.62. The zero-order valence-corrected chi connectivity index (χ0v) is 31.0. The van der Waals surface area contributed by atoms with Crippen molar-refractivity contribution in [3.63, 3.8) is 0 Å². The van der Waals surface area contributed by atoms with E-state index in [0.29, 0.717) is 11.5 Å². The molecule has 1 unspecified atom stereocenters. The number of rotatable bonds is 11. The molecule has 0 aliphatic carbocycles. The molecule has 8 aromatic carbocycles. The molecule has 4 N–H and O–H groups in total. The average Bonchev–Trinajstić information content (AvgIpc) is 3.22. The van der Waals surface area contributed by atoms with Crippen molar-refractivity contribution in [2.75, 3.05) is 21.3 Å². The highest BCUT2D eigenvalue weighted by Crippen LogP contribution is 2.35. The van der Waals surface area contributed by atoms with E-state index in [9.17, 15) is 9.59 Å². The summed E-state index contributed by atoms with van der Waals surface area (Å²) in [4.78, 5) is 31.9. The standard InChI is InChI=1S/C46H38N4O2S2/c47-43(45(51)49(39-21-17-31-9-1-5-13-35(31)25-39)40-22-18-32-10-2-6-14-36(32)26-40)29-53-54-30-44(48)46(52)50(41-23-19-33-11-3-7-15-37(33)27-41)42-24-20-34-12-4-8-16-38(34)28-42/h1-28,43-44H,29-30,47-48H2/t43-,44?/m0/s1. The second-order valence-electron chi connectivity index (χ2n) is 13.3. The lowest BCUT2D eigenvalue weighted by Gasteiger charge is -2.27. The molecule has 2 amide bonds. The first-order valence-corrected chi connectivity index (χ1v) is 20.3. The molecular formula is C46H38N4O2S2. The molecule has 8 aromatic rings. The first-order chi connectivity index (χ1) is 26.4. The van der Waals surface area contributed by atoms with E-state index < -0.39 is 12.1 Å². The zero-order valence-electron chi connectivity index (χ0n) is 29.4. The van der Waals surface area contributed by atoms with E-state index in [1.165, 1.54) is 21.6 Å². The number of hydrogen-bond donors (Lipinski definition) is 2. The number of carbonyl (C=O) groups is 2. The van der Waals surface area contributed by atoms with Crippen molar-refractivity contribution in [3.05, 3.63) is 170 Å². The Morgan fingerprint density at radius 3 is 0.889 bits per heavy atom.